The van der Waals surface area contributed by atoms with Crippen LogP contribution in [0.3, 0.4) is 0 Å². The summed E-state index contributed by atoms with van der Waals surface area (Å²) in [7, 11) is -3.18. The predicted molar refractivity (Wildman–Crippen MR) is 125 cm³/mol. The molecule has 1 fully saturated rings. The van der Waals surface area contributed by atoms with Crippen LogP contribution in [0.15, 0.2) is 48.5 Å². The first kappa shape index (κ1) is 23.7. The van der Waals surface area contributed by atoms with E-state index in [4.69, 9.17) is 4.74 Å². The van der Waals surface area contributed by atoms with E-state index in [1.165, 1.54) is 11.1 Å². The fourth-order valence-corrected chi connectivity index (χ4v) is 4.80. The monoisotopic (exact) mass is 447 g/mol. The van der Waals surface area contributed by atoms with E-state index >= 15 is 0 Å². The van der Waals surface area contributed by atoms with Crippen molar-refractivity contribution in [1.29, 1.82) is 0 Å². The number of aryl methyl sites for hydroxylation is 2. The maximum absolute atomic E-state index is 14.5. The van der Waals surface area contributed by atoms with Gasteiger partial charge in [0.1, 0.15) is 6.10 Å². The fourth-order valence-electron chi connectivity index (χ4n) is 3.73. The maximum Gasteiger partial charge on any atom is 0.198 e. The number of hydrogen-bond donors (Lipinski definition) is 0. The van der Waals surface area contributed by atoms with Gasteiger partial charge in [-0.3, -0.25) is 0 Å². The quantitative estimate of drug-likeness (QED) is 0.579. The highest BCUT2D eigenvalue weighted by atomic mass is 32.2. The van der Waals surface area contributed by atoms with Crippen molar-refractivity contribution in [3.8, 4) is 0 Å². The van der Waals surface area contributed by atoms with E-state index in [2.05, 4.69) is 12.1 Å². The summed E-state index contributed by atoms with van der Waals surface area (Å²) >= 11 is 0. The lowest BCUT2D eigenvalue weighted by Crippen LogP contribution is -2.51. The van der Waals surface area contributed by atoms with Crippen LogP contribution in [0.2, 0.25) is 0 Å². The van der Waals surface area contributed by atoms with Gasteiger partial charge in [-0.25, -0.2) is 12.8 Å². The first-order valence-electron chi connectivity index (χ1n) is 10.9. The number of halogens is 1. The molecule has 0 saturated carbocycles. The molecule has 31 heavy (non-hydrogen) atoms. The number of benzene rings is 2. The van der Waals surface area contributed by atoms with E-state index in [9.17, 15) is 12.8 Å². The Morgan fingerprint density at radius 1 is 0.935 bits per heavy atom. The van der Waals surface area contributed by atoms with Crippen molar-refractivity contribution >= 4 is 15.5 Å². The minimum atomic E-state index is -3.18. The van der Waals surface area contributed by atoms with Gasteiger partial charge in [-0.15, -0.1) is 0 Å². The third kappa shape index (κ3) is 5.86. The summed E-state index contributed by atoms with van der Waals surface area (Å²) in [5.41, 5.74) is 4.05. The highest BCUT2D eigenvalue weighted by Gasteiger charge is 2.32. The number of hydrogen-bond acceptors (Lipinski definition) is 4. The molecule has 3 atom stereocenters. The van der Waals surface area contributed by atoms with E-state index < -0.39 is 27.0 Å². The molecule has 0 aromatic heterocycles. The Kier molecular flexibility index (Phi) is 7.11. The van der Waals surface area contributed by atoms with E-state index in [0.29, 0.717) is 6.54 Å². The number of morpholine rings is 1. The number of anilines is 1. The largest absolute Gasteiger partial charge is 0.369 e. The predicted octanol–water partition coefficient (Wildman–Crippen LogP) is 5.09. The zero-order valence-electron chi connectivity index (χ0n) is 19.1. The molecule has 1 saturated heterocycles. The number of ether oxygens (including phenoxy) is 1. The molecule has 0 radical (unpaired) electrons. The molecule has 0 amide bonds. The molecule has 3 rings (SSSR count). The van der Waals surface area contributed by atoms with Crippen molar-refractivity contribution in [3.05, 3.63) is 65.2 Å². The minimum Gasteiger partial charge on any atom is -0.369 e. The molecular formula is C25H34FNO3S. The van der Waals surface area contributed by atoms with Crippen LogP contribution in [0.1, 0.15) is 51.3 Å². The van der Waals surface area contributed by atoms with Gasteiger partial charge in [0.15, 0.2) is 16.1 Å². The second-order valence-corrected chi connectivity index (χ2v) is 12.3. The summed E-state index contributed by atoms with van der Waals surface area (Å²) in [6.07, 6.45) is 0.160. The van der Waals surface area contributed by atoms with Gasteiger partial charge in [0.2, 0.25) is 0 Å². The van der Waals surface area contributed by atoms with Crippen LogP contribution < -0.4 is 4.90 Å². The average molecular weight is 448 g/mol. The Hall–Kier alpha value is -1.92. The van der Waals surface area contributed by atoms with Crippen LogP contribution in [-0.4, -0.2) is 38.2 Å². The third-order valence-corrected chi connectivity index (χ3v) is 8.45. The average Bonchev–Trinajstić information content (AvgIpc) is 2.69. The minimum absolute atomic E-state index is 0.00281. The zero-order valence-corrected chi connectivity index (χ0v) is 20.0. The van der Waals surface area contributed by atoms with Crippen LogP contribution in [0.4, 0.5) is 10.1 Å². The van der Waals surface area contributed by atoms with E-state index in [0.717, 1.165) is 24.1 Å². The standard InChI is InChI=1S/C25H34FNO3S/c1-18-16-27(24(26)19(2)30-18)23-14-12-21(13-15-23)7-6-20-8-10-22(11-9-20)17-31(28,29)25(3,4)5/h8-15,18-19,24H,6-7,16-17H2,1-5H3/t18-,19+,24?/m0/s1. The Bertz CT molecular complexity index is 965. The fraction of sp³-hybridized carbons (Fsp3) is 0.520. The van der Waals surface area contributed by atoms with Crippen LogP contribution in [0.25, 0.3) is 0 Å². The normalized spacial score (nSPS) is 22.5. The highest BCUT2D eigenvalue weighted by molar-refractivity contribution is 7.91. The lowest BCUT2D eigenvalue weighted by Gasteiger charge is -2.39. The summed E-state index contributed by atoms with van der Waals surface area (Å²) < 4.78 is 44.1. The van der Waals surface area contributed by atoms with Gasteiger partial charge < -0.3 is 9.64 Å². The van der Waals surface area contributed by atoms with E-state index in [1.807, 2.05) is 43.3 Å². The molecule has 1 unspecified atom stereocenters. The number of rotatable bonds is 6. The van der Waals surface area contributed by atoms with Gasteiger partial charge in [0.25, 0.3) is 0 Å². The lowest BCUT2D eigenvalue weighted by molar-refractivity contribution is -0.0614. The van der Waals surface area contributed by atoms with E-state index in [1.54, 1.807) is 32.6 Å². The van der Waals surface area contributed by atoms with Gasteiger partial charge >= 0.3 is 0 Å². The Morgan fingerprint density at radius 2 is 1.42 bits per heavy atom. The van der Waals surface area contributed by atoms with Gasteiger partial charge in [-0.1, -0.05) is 36.4 Å². The molecule has 2 aromatic carbocycles. The van der Waals surface area contributed by atoms with Crippen LogP contribution >= 0.6 is 0 Å². The zero-order chi connectivity index (χ0) is 22.8. The summed E-state index contributed by atoms with van der Waals surface area (Å²) in [5.74, 6) is 0.0621. The molecule has 0 aliphatic carbocycles. The second-order valence-electron chi connectivity index (χ2n) is 9.53. The van der Waals surface area contributed by atoms with Crippen molar-refractivity contribution in [2.45, 2.75) is 76.5 Å². The molecule has 0 spiro atoms. The van der Waals surface area contributed by atoms with Gasteiger partial charge in [0, 0.05) is 12.2 Å². The van der Waals surface area contributed by atoms with Crippen molar-refractivity contribution in [2.24, 2.45) is 0 Å². The molecule has 1 aliphatic heterocycles. The Morgan fingerprint density at radius 3 is 1.94 bits per heavy atom. The molecular weight excluding hydrogens is 413 g/mol. The van der Waals surface area contributed by atoms with Gasteiger partial charge in [-0.2, -0.15) is 0 Å². The topological polar surface area (TPSA) is 46.6 Å². The molecule has 0 bridgehead atoms. The van der Waals surface area contributed by atoms with Gasteiger partial charge in [0.05, 0.1) is 16.6 Å². The molecule has 6 heteroatoms. The molecule has 4 nitrogen and oxygen atoms in total. The Labute approximate surface area is 186 Å². The molecule has 1 aliphatic rings. The molecule has 170 valence electrons. The van der Waals surface area contributed by atoms with Crippen molar-refractivity contribution in [1.82, 2.24) is 0 Å². The smallest absolute Gasteiger partial charge is 0.198 e. The highest BCUT2D eigenvalue weighted by Crippen LogP contribution is 2.27. The molecule has 2 aromatic rings. The van der Waals surface area contributed by atoms with Crippen LogP contribution in [-0.2, 0) is 33.2 Å². The molecule has 0 N–H and O–H groups in total. The van der Waals surface area contributed by atoms with Crippen LogP contribution in [0, 0.1) is 0 Å². The number of sulfone groups is 1. The molecule has 1 heterocycles. The third-order valence-electron chi connectivity index (χ3n) is 5.87. The second kappa shape index (κ2) is 9.29. The number of alkyl halides is 1. The van der Waals surface area contributed by atoms with Crippen molar-refractivity contribution in [2.75, 3.05) is 11.4 Å². The summed E-state index contributed by atoms with van der Waals surface area (Å²) in [4.78, 5) is 1.77. The van der Waals surface area contributed by atoms with Gasteiger partial charge in [-0.05, 0) is 76.3 Å². The Balaban J connectivity index is 1.58. The number of nitrogens with zero attached hydrogens (tertiary/aromatic N) is 1. The summed E-state index contributed by atoms with van der Waals surface area (Å²) in [6.45, 7) is 9.48. The first-order valence-corrected chi connectivity index (χ1v) is 12.6. The summed E-state index contributed by atoms with van der Waals surface area (Å²) in [5, 5.41) is 0. The SMILES string of the molecule is C[C@H]1CN(c2ccc(CCc3ccc(CS(=O)(=O)C(C)(C)C)cc3)cc2)C(F)[C@@H](C)O1. The van der Waals surface area contributed by atoms with E-state index in [-0.39, 0.29) is 11.9 Å². The lowest BCUT2D eigenvalue weighted by atomic mass is 10.0. The first-order chi connectivity index (χ1) is 14.5. The van der Waals surface area contributed by atoms with Crippen LogP contribution in [0.5, 0.6) is 0 Å². The van der Waals surface area contributed by atoms with Crippen molar-refractivity contribution < 1.29 is 17.5 Å². The van der Waals surface area contributed by atoms with Crippen molar-refractivity contribution in [3.63, 3.8) is 0 Å². The summed E-state index contributed by atoms with van der Waals surface area (Å²) in [6, 6.07) is 15.9. The maximum atomic E-state index is 14.5.